The zero-order valence-electron chi connectivity index (χ0n) is 15.4. The second-order valence-electron chi connectivity index (χ2n) is 6.73. The molecule has 27 heavy (non-hydrogen) atoms. The maximum Gasteiger partial charge on any atom is 0.259 e. The molecule has 4 rings (SSSR count). The quantitative estimate of drug-likeness (QED) is 0.506. The molecule has 0 unspecified atom stereocenters. The lowest BCUT2D eigenvalue weighted by Crippen LogP contribution is -2.20. The van der Waals surface area contributed by atoms with Crippen LogP contribution in [0.4, 0.5) is 4.39 Å². The molecule has 5 heteroatoms. The molecule has 0 saturated heterocycles. The summed E-state index contributed by atoms with van der Waals surface area (Å²) in [6.45, 7) is 1.84. The van der Waals surface area contributed by atoms with E-state index in [1.54, 1.807) is 23.7 Å². The maximum absolute atomic E-state index is 13.3. The minimum atomic E-state index is -0.343. The Morgan fingerprint density at radius 3 is 2.33 bits per heavy atom. The summed E-state index contributed by atoms with van der Waals surface area (Å²) in [7, 11) is 3.64. The van der Waals surface area contributed by atoms with Gasteiger partial charge in [0.25, 0.3) is 5.56 Å². The summed E-state index contributed by atoms with van der Waals surface area (Å²) < 4.78 is 16.8. The van der Waals surface area contributed by atoms with Crippen molar-refractivity contribution in [1.29, 1.82) is 0 Å². The van der Waals surface area contributed by atoms with Gasteiger partial charge in [0.1, 0.15) is 11.5 Å². The van der Waals surface area contributed by atoms with Gasteiger partial charge in [-0.25, -0.2) is 4.39 Å². The van der Waals surface area contributed by atoms with Crippen molar-refractivity contribution in [1.82, 2.24) is 9.13 Å². The van der Waals surface area contributed by atoms with Gasteiger partial charge < -0.3 is 4.57 Å². The van der Waals surface area contributed by atoms with Gasteiger partial charge in [0.05, 0.1) is 5.52 Å². The second kappa shape index (κ2) is 6.20. The molecule has 2 heterocycles. The number of carbonyl (C=O) groups is 1. The molecule has 0 bridgehead atoms. The van der Waals surface area contributed by atoms with Crippen molar-refractivity contribution in [2.24, 2.45) is 14.1 Å². The lowest BCUT2D eigenvalue weighted by molar-refractivity contribution is 0.0988. The fourth-order valence-corrected chi connectivity index (χ4v) is 3.70. The lowest BCUT2D eigenvalue weighted by Gasteiger charge is -2.08. The molecule has 0 N–H and O–H groups in total. The van der Waals surface area contributed by atoms with Crippen LogP contribution < -0.4 is 5.56 Å². The SMILES string of the molecule is CCC(=O)c1ccc2c(c1)c1cc(-c3ccc(F)cc3)c(=O)n(C)c1n2C. The van der Waals surface area contributed by atoms with Crippen LogP contribution in [0.2, 0.25) is 0 Å². The molecule has 0 aliphatic carbocycles. The summed E-state index contributed by atoms with van der Waals surface area (Å²) in [6, 6.07) is 13.4. The number of aryl methyl sites for hydroxylation is 2. The molecule has 0 spiro atoms. The van der Waals surface area contributed by atoms with E-state index in [1.807, 2.05) is 42.8 Å². The molecule has 136 valence electrons. The first-order chi connectivity index (χ1) is 12.9. The molecule has 0 radical (unpaired) electrons. The molecule has 0 atom stereocenters. The summed E-state index contributed by atoms with van der Waals surface area (Å²) in [5.74, 6) is -0.262. The molecular weight excluding hydrogens is 343 g/mol. The van der Waals surface area contributed by atoms with Crippen molar-refractivity contribution in [2.75, 3.05) is 0 Å². The van der Waals surface area contributed by atoms with Gasteiger partial charge in [0, 0.05) is 42.4 Å². The highest BCUT2D eigenvalue weighted by atomic mass is 19.1. The van der Waals surface area contributed by atoms with Crippen LogP contribution in [0.3, 0.4) is 0 Å². The number of halogens is 1. The zero-order chi connectivity index (χ0) is 19.3. The number of nitrogens with zero attached hydrogens (tertiary/aromatic N) is 2. The number of hydrogen-bond acceptors (Lipinski definition) is 2. The van der Waals surface area contributed by atoms with Crippen LogP contribution >= 0.6 is 0 Å². The lowest BCUT2D eigenvalue weighted by atomic mass is 10.0. The second-order valence-corrected chi connectivity index (χ2v) is 6.73. The van der Waals surface area contributed by atoms with E-state index in [-0.39, 0.29) is 17.2 Å². The van der Waals surface area contributed by atoms with E-state index >= 15 is 0 Å². The van der Waals surface area contributed by atoms with Crippen LogP contribution in [0.5, 0.6) is 0 Å². The van der Waals surface area contributed by atoms with E-state index in [9.17, 15) is 14.0 Å². The number of hydrogen-bond donors (Lipinski definition) is 0. The van der Waals surface area contributed by atoms with Crippen molar-refractivity contribution >= 4 is 27.7 Å². The highest BCUT2D eigenvalue weighted by Gasteiger charge is 2.17. The molecule has 4 nitrogen and oxygen atoms in total. The molecule has 0 aliphatic rings. The Balaban J connectivity index is 2.10. The number of Topliss-reactive ketones (excluding diaryl/α,β-unsaturated/α-hetero) is 1. The summed E-state index contributed by atoms with van der Waals surface area (Å²) >= 11 is 0. The smallest absolute Gasteiger partial charge is 0.259 e. The number of aromatic nitrogens is 2. The van der Waals surface area contributed by atoms with Crippen LogP contribution in [0, 0.1) is 5.82 Å². The van der Waals surface area contributed by atoms with Gasteiger partial charge in [0.2, 0.25) is 0 Å². The number of fused-ring (bicyclic) bond motifs is 3. The summed E-state index contributed by atoms with van der Waals surface area (Å²) in [5, 5.41) is 1.81. The molecule has 0 fully saturated rings. The van der Waals surface area contributed by atoms with E-state index < -0.39 is 0 Å². The number of pyridine rings is 1. The van der Waals surface area contributed by atoms with Crippen LogP contribution in [-0.4, -0.2) is 14.9 Å². The van der Waals surface area contributed by atoms with Crippen LogP contribution in [0.15, 0.2) is 53.3 Å². The molecular formula is C22H19FN2O2. The summed E-state index contributed by atoms with van der Waals surface area (Å²) in [5.41, 5.74) is 3.41. The predicted octanol–water partition coefficient (Wildman–Crippen LogP) is 4.43. The monoisotopic (exact) mass is 362 g/mol. The van der Waals surface area contributed by atoms with Crippen molar-refractivity contribution in [2.45, 2.75) is 13.3 Å². The number of rotatable bonds is 3. The Morgan fingerprint density at radius 1 is 0.963 bits per heavy atom. The van der Waals surface area contributed by atoms with Gasteiger partial charge in [-0.2, -0.15) is 0 Å². The topological polar surface area (TPSA) is 44.0 Å². The van der Waals surface area contributed by atoms with Crippen molar-refractivity contribution < 1.29 is 9.18 Å². The number of ketones is 1. The largest absolute Gasteiger partial charge is 0.330 e. The first-order valence-electron chi connectivity index (χ1n) is 8.83. The summed E-state index contributed by atoms with van der Waals surface area (Å²) in [4.78, 5) is 25.1. The maximum atomic E-state index is 13.3. The van der Waals surface area contributed by atoms with Gasteiger partial charge in [-0.15, -0.1) is 0 Å². The van der Waals surface area contributed by atoms with E-state index in [4.69, 9.17) is 0 Å². The van der Waals surface area contributed by atoms with Gasteiger partial charge in [0.15, 0.2) is 5.78 Å². The average molecular weight is 362 g/mol. The Morgan fingerprint density at radius 2 is 1.67 bits per heavy atom. The third kappa shape index (κ3) is 2.58. The Hall–Kier alpha value is -3.21. The van der Waals surface area contributed by atoms with Crippen LogP contribution in [0.1, 0.15) is 23.7 Å². The standard InChI is InChI=1S/C22H19FN2O2/c1-4-20(26)14-7-10-19-17(11-14)18-12-16(13-5-8-15(23)9-6-13)22(27)25(3)21(18)24(19)2/h5-12H,4H2,1-3H3. The molecule has 2 aromatic heterocycles. The van der Waals surface area contributed by atoms with Crippen molar-refractivity contribution in [3.8, 4) is 11.1 Å². The first kappa shape index (κ1) is 17.2. The summed E-state index contributed by atoms with van der Waals surface area (Å²) in [6.07, 6.45) is 0.440. The molecule has 2 aromatic carbocycles. The van der Waals surface area contributed by atoms with Gasteiger partial charge in [-0.3, -0.25) is 14.2 Å². The number of carbonyl (C=O) groups excluding carboxylic acids is 1. The molecule has 0 amide bonds. The third-order valence-electron chi connectivity index (χ3n) is 5.15. The van der Waals surface area contributed by atoms with E-state index in [2.05, 4.69) is 0 Å². The van der Waals surface area contributed by atoms with E-state index in [0.29, 0.717) is 23.1 Å². The van der Waals surface area contributed by atoms with Crippen LogP contribution in [0.25, 0.3) is 33.1 Å². The first-order valence-corrected chi connectivity index (χ1v) is 8.83. The minimum Gasteiger partial charge on any atom is -0.330 e. The van der Waals surface area contributed by atoms with Gasteiger partial charge in [-0.1, -0.05) is 19.1 Å². The molecule has 0 saturated carbocycles. The number of benzene rings is 2. The van der Waals surface area contributed by atoms with Crippen molar-refractivity contribution in [3.63, 3.8) is 0 Å². The van der Waals surface area contributed by atoms with Gasteiger partial charge in [-0.05, 0) is 42.0 Å². The van der Waals surface area contributed by atoms with Crippen molar-refractivity contribution in [3.05, 3.63) is 70.3 Å². The highest BCUT2D eigenvalue weighted by molar-refractivity contribution is 6.10. The Bertz CT molecular complexity index is 1260. The highest BCUT2D eigenvalue weighted by Crippen LogP contribution is 2.31. The zero-order valence-corrected chi connectivity index (χ0v) is 15.4. The normalized spacial score (nSPS) is 11.4. The molecule has 0 aliphatic heterocycles. The fraction of sp³-hybridized carbons (Fsp3) is 0.182. The van der Waals surface area contributed by atoms with E-state index in [1.165, 1.54) is 12.1 Å². The fourth-order valence-electron chi connectivity index (χ4n) is 3.70. The third-order valence-corrected chi connectivity index (χ3v) is 5.15. The predicted molar refractivity (Wildman–Crippen MR) is 106 cm³/mol. The van der Waals surface area contributed by atoms with E-state index in [0.717, 1.165) is 21.9 Å². The Kier molecular flexibility index (Phi) is 3.95. The molecule has 4 aromatic rings. The van der Waals surface area contributed by atoms with Gasteiger partial charge >= 0.3 is 0 Å². The Labute approximate surface area is 155 Å². The average Bonchev–Trinajstić information content (AvgIpc) is 2.96. The minimum absolute atomic E-state index is 0.0810. The van der Waals surface area contributed by atoms with Crippen LogP contribution in [-0.2, 0) is 14.1 Å².